The van der Waals surface area contributed by atoms with Crippen LogP contribution in [0.25, 0.3) is 0 Å². The fraction of sp³-hybridized carbons (Fsp3) is 0.458. The van der Waals surface area contributed by atoms with Gasteiger partial charge in [-0.15, -0.1) is 0 Å². The lowest BCUT2D eigenvalue weighted by Gasteiger charge is -2.37. The van der Waals surface area contributed by atoms with Gasteiger partial charge in [-0.2, -0.15) is 0 Å². The molecule has 2 saturated heterocycles. The Morgan fingerprint density at radius 1 is 1.07 bits per heavy atom. The van der Waals surface area contributed by atoms with Gasteiger partial charge in [-0.05, 0) is 61.4 Å². The second kappa shape index (κ2) is 9.37. The third-order valence-electron chi connectivity index (χ3n) is 6.29. The molecule has 30 heavy (non-hydrogen) atoms. The molecule has 0 bridgehead atoms. The fourth-order valence-corrected chi connectivity index (χ4v) is 4.53. The minimum Gasteiger partial charge on any atom is -0.342 e. The van der Waals surface area contributed by atoms with E-state index in [4.69, 9.17) is 0 Å². The van der Waals surface area contributed by atoms with E-state index in [2.05, 4.69) is 4.98 Å². The highest BCUT2D eigenvalue weighted by Crippen LogP contribution is 2.26. The molecule has 1 aromatic carbocycles. The summed E-state index contributed by atoms with van der Waals surface area (Å²) in [7, 11) is 0. The number of piperidine rings is 2. The van der Waals surface area contributed by atoms with Crippen molar-refractivity contribution in [1.29, 1.82) is 0 Å². The van der Waals surface area contributed by atoms with E-state index in [0.717, 1.165) is 43.6 Å². The molecule has 6 heteroatoms. The maximum Gasteiger partial charge on any atom is 0.227 e. The highest BCUT2D eigenvalue weighted by atomic mass is 19.1. The minimum atomic E-state index is -0.206. The van der Waals surface area contributed by atoms with Crippen molar-refractivity contribution in [2.24, 2.45) is 11.8 Å². The number of aromatic nitrogens is 1. The van der Waals surface area contributed by atoms with Gasteiger partial charge in [0.25, 0.3) is 0 Å². The summed E-state index contributed by atoms with van der Waals surface area (Å²) in [5.41, 5.74) is 2.00. The number of halogens is 1. The zero-order chi connectivity index (χ0) is 20.9. The molecule has 0 unspecified atom stereocenters. The van der Waals surface area contributed by atoms with Gasteiger partial charge in [0.05, 0.1) is 18.2 Å². The molecule has 1 atom stereocenters. The highest BCUT2D eigenvalue weighted by Gasteiger charge is 2.34. The summed E-state index contributed by atoms with van der Waals surface area (Å²) in [6, 6.07) is 12.4. The Bertz CT molecular complexity index is 864. The smallest absolute Gasteiger partial charge is 0.227 e. The molecule has 1 aromatic heterocycles. The first-order chi connectivity index (χ1) is 14.6. The van der Waals surface area contributed by atoms with Crippen LogP contribution in [0.2, 0.25) is 0 Å². The lowest BCUT2D eigenvalue weighted by Crippen LogP contribution is -2.48. The maximum absolute atomic E-state index is 13.1. The number of pyridine rings is 1. The van der Waals surface area contributed by atoms with E-state index in [1.807, 2.05) is 35.2 Å². The Balaban J connectivity index is 1.29. The predicted molar refractivity (Wildman–Crippen MR) is 112 cm³/mol. The molecular formula is C24H28FN3O2. The first-order valence-corrected chi connectivity index (χ1v) is 10.8. The average Bonchev–Trinajstić information content (AvgIpc) is 2.78. The van der Waals surface area contributed by atoms with E-state index in [-0.39, 0.29) is 23.5 Å². The molecule has 2 fully saturated rings. The van der Waals surface area contributed by atoms with Crippen molar-refractivity contribution in [3.8, 4) is 0 Å². The van der Waals surface area contributed by atoms with Crippen LogP contribution in [0.5, 0.6) is 0 Å². The first kappa shape index (κ1) is 20.5. The molecule has 0 radical (unpaired) electrons. The Kier molecular flexibility index (Phi) is 6.41. The van der Waals surface area contributed by atoms with Gasteiger partial charge in [0.1, 0.15) is 5.82 Å². The van der Waals surface area contributed by atoms with Gasteiger partial charge in [-0.1, -0.05) is 18.2 Å². The van der Waals surface area contributed by atoms with Crippen LogP contribution in [-0.4, -0.2) is 46.2 Å². The van der Waals surface area contributed by atoms with Crippen LogP contribution in [0.15, 0.2) is 48.7 Å². The van der Waals surface area contributed by atoms with Crippen LogP contribution in [0.4, 0.5) is 4.39 Å². The minimum absolute atomic E-state index is 0.0997. The summed E-state index contributed by atoms with van der Waals surface area (Å²) in [5.74, 6) is 0.465. The number of hydrogen-bond donors (Lipinski definition) is 0. The van der Waals surface area contributed by atoms with Crippen LogP contribution in [-0.2, 0) is 22.6 Å². The number of hydrogen-bond acceptors (Lipinski definition) is 3. The van der Waals surface area contributed by atoms with Gasteiger partial charge in [-0.25, -0.2) is 4.39 Å². The number of benzene rings is 1. The zero-order valence-electron chi connectivity index (χ0n) is 17.2. The number of amides is 2. The van der Waals surface area contributed by atoms with Crippen molar-refractivity contribution >= 4 is 11.8 Å². The van der Waals surface area contributed by atoms with Gasteiger partial charge in [0.15, 0.2) is 0 Å². The van der Waals surface area contributed by atoms with Gasteiger partial charge >= 0.3 is 0 Å². The van der Waals surface area contributed by atoms with Crippen molar-refractivity contribution in [3.63, 3.8) is 0 Å². The van der Waals surface area contributed by atoms with Gasteiger partial charge in [0.2, 0.25) is 11.8 Å². The van der Waals surface area contributed by atoms with Gasteiger partial charge in [-0.3, -0.25) is 14.6 Å². The van der Waals surface area contributed by atoms with Crippen molar-refractivity contribution < 1.29 is 14.0 Å². The molecule has 0 spiro atoms. The first-order valence-electron chi connectivity index (χ1n) is 10.8. The summed E-state index contributed by atoms with van der Waals surface area (Å²) >= 11 is 0. The van der Waals surface area contributed by atoms with E-state index < -0.39 is 0 Å². The fourth-order valence-electron chi connectivity index (χ4n) is 4.53. The van der Waals surface area contributed by atoms with E-state index in [9.17, 15) is 14.0 Å². The van der Waals surface area contributed by atoms with Gasteiger partial charge < -0.3 is 9.80 Å². The molecule has 4 rings (SSSR count). The maximum atomic E-state index is 13.1. The van der Waals surface area contributed by atoms with E-state index >= 15 is 0 Å². The summed E-state index contributed by atoms with van der Waals surface area (Å²) in [4.78, 5) is 33.5. The topological polar surface area (TPSA) is 53.5 Å². The number of nitrogens with zero attached hydrogens (tertiary/aromatic N) is 3. The lowest BCUT2D eigenvalue weighted by atomic mass is 9.89. The molecule has 0 N–H and O–H groups in total. The zero-order valence-corrected chi connectivity index (χ0v) is 17.2. The monoisotopic (exact) mass is 409 g/mol. The highest BCUT2D eigenvalue weighted by molar-refractivity contribution is 5.84. The van der Waals surface area contributed by atoms with Crippen LogP contribution < -0.4 is 0 Å². The molecule has 0 saturated carbocycles. The van der Waals surface area contributed by atoms with Gasteiger partial charge in [0, 0.05) is 32.3 Å². The van der Waals surface area contributed by atoms with Crippen LogP contribution in [0, 0.1) is 17.7 Å². The second-order valence-corrected chi connectivity index (χ2v) is 8.43. The van der Waals surface area contributed by atoms with Crippen molar-refractivity contribution in [1.82, 2.24) is 14.8 Å². The molecular weight excluding hydrogens is 381 g/mol. The summed E-state index contributed by atoms with van der Waals surface area (Å²) in [6.07, 6.45) is 5.63. The van der Waals surface area contributed by atoms with Crippen LogP contribution >= 0.6 is 0 Å². The third-order valence-corrected chi connectivity index (χ3v) is 6.29. The molecule has 3 heterocycles. The van der Waals surface area contributed by atoms with Crippen LogP contribution in [0.3, 0.4) is 0 Å². The van der Waals surface area contributed by atoms with Crippen molar-refractivity contribution in [2.45, 2.75) is 38.6 Å². The standard InChI is InChI=1S/C24H28FN3O2/c25-21-7-4-18(5-8-21)15-19-10-13-27(14-11-19)24(30)20-6-9-23(29)28(16-20)17-22-3-1-2-12-26-22/h1-5,7-8,12,19-20H,6,9-11,13-17H2/t20-/m0/s1. The largest absolute Gasteiger partial charge is 0.342 e. The predicted octanol–water partition coefficient (Wildman–Crippen LogP) is 3.44. The van der Waals surface area contributed by atoms with Crippen LogP contribution in [0.1, 0.15) is 36.9 Å². The Morgan fingerprint density at radius 3 is 2.53 bits per heavy atom. The molecule has 2 aliphatic rings. The number of carbonyl (C=O) groups is 2. The van der Waals surface area contributed by atoms with E-state index in [0.29, 0.717) is 31.8 Å². The molecule has 5 nitrogen and oxygen atoms in total. The average molecular weight is 410 g/mol. The quantitative estimate of drug-likeness (QED) is 0.760. The Hall–Kier alpha value is -2.76. The van der Waals surface area contributed by atoms with Crippen molar-refractivity contribution in [3.05, 3.63) is 65.7 Å². The molecule has 2 amide bonds. The Labute approximate surface area is 176 Å². The summed E-state index contributed by atoms with van der Waals surface area (Å²) in [6.45, 7) is 2.46. The second-order valence-electron chi connectivity index (χ2n) is 8.43. The summed E-state index contributed by atoms with van der Waals surface area (Å²) in [5, 5.41) is 0. The normalized spacial score (nSPS) is 20.4. The molecule has 2 aromatic rings. The number of rotatable bonds is 5. The Morgan fingerprint density at radius 2 is 1.83 bits per heavy atom. The van der Waals surface area contributed by atoms with Crippen molar-refractivity contribution in [2.75, 3.05) is 19.6 Å². The SMILES string of the molecule is O=C1CC[C@H](C(=O)N2CCC(Cc3ccc(F)cc3)CC2)CN1Cc1ccccn1. The number of likely N-dealkylation sites (tertiary alicyclic amines) is 2. The van der Waals surface area contributed by atoms with E-state index in [1.54, 1.807) is 11.1 Å². The molecule has 158 valence electrons. The summed E-state index contributed by atoms with van der Waals surface area (Å²) < 4.78 is 13.1. The molecule has 0 aliphatic carbocycles. The number of carbonyl (C=O) groups excluding carboxylic acids is 2. The third kappa shape index (κ3) is 5.04. The lowest BCUT2D eigenvalue weighted by molar-refractivity contribution is -0.144. The van der Waals surface area contributed by atoms with E-state index in [1.165, 1.54) is 12.1 Å². The molecule has 2 aliphatic heterocycles.